The van der Waals surface area contributed by atoms with Gasteiger partial charge in [0.1, 0.15) is 0 Å². The summed E-state index contributed by atoms with van der Waals surface area (Å²) in [4.78, 5) is 2.44. The van der Waals surface area contributed by atoms with Gasteiger partial charge in [0, 0.05) is 30.8 Å². The van der Waals surface area contributed by atoms with Crippen LogP contribution < -0.4 is 5.32 Å². The molecule has 3 heterocycles. The van der Waals surface area contributed by atoms with Crippen LogP contribution in [0.25, 0.3) is 6.20 Å². The number of nitrogens with zero attached hydrogens (tertiary/aromatic N) is 2. The van der Waals surface area contributed by atoms with Crippen LogP contribution in [0.3, 0.4) is 0 Å². The standard InChI is InChI=1S/C14H21N3/c1-2-14-12-16(10-11-17(14)8-1)9-5-13-3-6-15-7-4-13/h1-2,8,10-11,13,15H,3-7,9,12H2. The fourth-order valence-electron chi connectivity index (χ4n) is 2.81. The molecule has 0 aromatic carbocycles. The Balaban J connectivity index is 1.50. The van der Waals surface area contributed by atoms with E-state index in [1.54, 1.807) is 0 Å². The quantitative estimate of drug-likeness (QED) is 0.860. The van der Waals surface area contributed by atoms with Crippen molar-refractivity contribution in [2.45, 2.75) is 25.8 Å². The first-order valence-corrected chi connectivity index (χ1v) is 6.70. The van der Waals surface area contributed by atoms with Gasteiger partial charge in [-0.1, -0.05) is 0 Å². The van der Waals surface area contributed by atoms with Crippen LogP contribution in [-0.4, -0.2) is 29.1 Å². The predicted octanol–water partition coefficient (Wildman–Crippen LogP) is 2.12. The summed E-state index contributed by atoms with van der Waals surface area (Å²) in [6.45, 7) is 4.69. The van der Waals surface area contributed by atoms with Gasteiger partial charge in [-0.3, -0.25) is 0 Å². The van der Waals surface area contributed by atoms with Crippen LogP contribution in [0.1, 0.15) is 25.0 Å². The number of hydrogen-bond acceptors (Lipinski definition) is 2. The number of aromatic nitrogens is 1. The summed E-state index contributed by atoms with van der Waals surface area (Å²) in [7, 11) is 0. The monoisotopic (exact) mass is 231 g/mol. The summed E-state index contributed by atoms with van der Waals surface area (Å²) < 4.78 is 2.21. The van der Waals surface area contributed by atoms with Gasteiger partial charge in [-0.25, -0.2) is 0 Å². The molecule has 2 aliphatic heterocycles. The largest absolute Gasteiger partial charge is 0.370 e. The Hall–Kier alpha value is -1.22. The molecule has 3 rings (SSSR count). The molecule has 0 atom stereocenters. The Morgan fingerprint density at radius 3 is 3.00 bits per heavy atom. The molecule has 3 heteroatoms. The van der Waals surface area contributed by atoms with Gasteiger partial charge in [0.05, 0.1) is 6.54 Å². The normalized spacial score (nSPS) is 20.6. The molecule has 1 fully saturated rings. The van der Waals surface area contributed by atoms with Crippen LogP contribution in [0.4, 0.5) is 0 Å². The van der Waals surface area contributed by atoms with E-state index in [1.165, 1.54) is 44.6 Å². The molecule has 17 heavy (non-hydrogen) atoms. The van der Waals surface area contributed by atoms with Crippen molar-refractivity contribution in [1.29, 1.82) is 0 Å². The Morgan fingerprint density at radius 2 is 2.12 bits per heavy atom. The summed E-state index contributed by atoms with van der Waals surface area (Å²) in [6, 6.07) is 4.33. The Labute approximate surface area is 103 Å². The Kier molecular flexibility index (Phi) is 3.18. The van der Waals surface area contributed by atoms with Gasteiger partial charge in [-0.2, -0.15) is 0 Å². The van der Waals surface area contributed by atoms with E-state index >= 15 is 0 Å². The van der Waals surface area contributed by atoms with Gasteiger partial charge in [-0.15, -0.1) is 0 Å². The van der Waals surface area contributed by atoms with Gasteiger partial charge in [0.15, 0.2) is 0 Å². The maximum atomic E-state index is 3.43. The molecule has 3 nitrogen and oxygen atoms in total. The molecule has 0 bridgehead atoms. The number of rotatable bonds is 3. The summed E-state index contributed by atoms with van der Waals surface area (Å²) >= 11 is 0. The highest BCUT2D eigenvalue weighted by Gasteiger charge is 2.15. The number of piperidine rings is 1. The highest BCUT2D eigenvalue weighted by Crippen LogP contribution is 2.19. The van der Waals surface area contributed by atoms with Gasteiger partial charge < -0.3 is 14.8 Å². The van der Waals surface area contributed by atoms with E-state index in [0.29, 0.717) is 0 Å². The SMILES string of the molecule is C1=Cn2cccc2CN1CCC1CCNCC1. The van der Waals surface area contributed by atoms with E-state index in [1.807, 2.05) is 0 Å². The van der Waals surface area contributed by atoms with Crippen LogP contribution in [0.15, 0.2) is 24.5 Å². The van der Waals surface area contributed by atoms with Crippen molar-refractivity contribution in [2.24, 2.45) is 5.92 Å². The fraction of sp³-hybridized carbons (Fsp3) is 0.571. The molecular formula is C14H21N3. The van der Waals surface area contributed by atoms with Crippen molar-refractivity contribution in [3.05, 3.63) is 30.2 Å². The van der Waals surface area contributed by atoms with Crippen LogP contribution in [0.2, 0.25) is 0 Å². The topological polar surface area (TPSA) is 20.2 Å². The third-order valence-corrected chi connectivity index (χ3v) is 3.95. The van der Waals surface area contributed by atoms with Gasteiger partial charge in [0.2, 0.25) is 0 Å². The zero-order chi connectivity index (χ0) is 11.5. The third-order valence-electron chi connectivity index (χ3n) is 3.95. The lowest BCUT2D eigenvalue weighted by atomic mass is 9.94. The van der Waals surface area contributed by atoms with Crippen LogP contribution in [-0.2, 0) is 6.54 Å². The molecule has 1 aromatic heterocycles. The average Bonchev–Trinajstić information content (AvgIpc) is 2.85. The fourth-order valence-corrected chi connectivity index (χ4v) is 2.81. The molecule has 0 aliphatic carbocycles. The van der Waals surface area contributed by atoms with E-state index in [0.717, 1.165) is 12.5 Å². The molecule has 0 saturated carbocycles. The molecule has 1 saturated heterocycles. The molecule has 0 radical (unpaired) electrons. The minimum Gasteiger partial charge on any atom is -0.370 e. The summed E-state index contributed by atoms with van der Waals surface area (Å²) in [5.41, 5.74) is 1.40. The summed E-state index contributed by atoms with van der Waals surface area (Å²) in [5, 5.41) is 3.43. The van der Waals surface area contributed by atoms with Crippen molar-refractivity contribution >= 4 is 6.20 Å². The molecule has 1 aromatic rings. The number of fused-ring (bicyclic) bond motifs is 1. The van der Waals surface area contributed by atoms with Gasteiger partial charge >= 0.3 is 0 Å². The highest BCUT2D eigenvalue weighted by atomic mass is 15.2. The van der Waals surface area contributed by atoms with E-state index in [4.69, 9.17) is 0 Å². The average molecular weight is 231 g/mol. The molecule has 0 amide bonds. The van der Waals surface area contributed by atoms with E-state index in [2.05, 4.69) is 45.5 Å². The summed E-state index contributed by atoms with van der Waals surface area (Å²) in [5.74, 6) is 0.929. The second-order valence-corrected chi connectivity index (χ2v) is 5.16. The molecule has 0 unspecified atom stereocenters. The van der Waals surface area contributed by atoms with Gasteiger partial charge in [0.25, 0.3) is 0 Å². The zero-order valence-corrected chi connectivity index (χ0v) is 10.3. The predicted molar refractivity (Wildman–Crippen MR) is 70.4 cm³/mol. The van der Waals surface area contributed by atoms with E-state index in [9.17, 15) is 0 Å². The second-order valence-electron chi connectivity index (χ2n) is 5.16. The zero-order valence-electron chi connectivity index (χ0n) is 10.3. The maximum Gasteiger partial charge on any atom is 0.0580 e. The second kappa shape index (κ2) is 4.96. The van der Waals surface area contributed by atoms with Crippen molar-refractivity contribution in [1.82, 2.24) is 14.8 Å². The van der Waals surface area contributed by atoms with E-state index < -0.39 is 0 Å². The van der Waals surface area contributed by atoms with Crippen molar-refractivity contribution in [2.75, 3.05) is 19.6 Å². The number of nitrogens with one attached hydrogen (secondary N) is 1. The minimum absolute atomic E-state index is 0.929. The van der Waals surface area contributed by atoms with Crippen LogP contribution >= 0.6 is 0 Å². The molecular weight excluding hydrogens is 210 g/mol. The molecule has 92 valence electrons. The lowest BCUT2D eigenvalue weighted by Crippen LogP contribution is -2.30. The molecule has 1 N–H and O–H groups in total. The Bertz CT molecular complexity index is 388. The first kappa shape index (κ1) is 10.9. The van der Waals surface area contributed by atoms with Crippen molar-refractivity contribution in [3.8, 4) is 0 Å². The van der Waals surface area contributed by atoms with Crippen LogP contribution in [0, 0.1) is 5.92 Å². The van der Waals surface area contributed by atoms with Gasteiger partial charge in [-0.05, 0) is 50.4 Å². The van der Waals surface area contributed by atoms with Crippen LogP contribution in [0.5, 0.6) is 0 Å². The highest BCUT2D eigenvalue weighted by molar-refractivity contribution is 5.31. The first-order valence-electron chi connectivity index (χ1n) is 6.70. The first-order chi connectivity index (χ1) is 8.42. The lowest BCUT2D eigenvalue weighted by molar-refractivity contribution is 0.282. The molecule has 0 spiro atoms. The smallest absolute Gasteiger partial charge is 0.0580 e. The Morgan fingerprint density at radius 1 is 1.24 bits per heavy atom. The summed E-state index contributed by atoms with van der Waals surface area (Å²) in [6.07, 6.45) is 10.6. The maximum absolute atomic E-state index is 3.43. The molecule has 2 aliphatic rings. The third kappa shape index (κ3) is 2.55. The number of hydrogen-bond donors (Lipinski definition) is 1. The lowest BCUT2D eigenvalue weighted by Gasteiger charge is -2.28. The minimum atomic E-state index is 0.929. The van der Waals surface area contributed by atoms with Crippen molar-refractivity contribution in [3.63, 3.8) is 0 Å². The van der Waals surface area contributed by atoms with E-state index in [-0.39, 0.29) is 0 Å². The van der Waals surface area contributed by atoms with Crippen molar-refractivity contribution < 1.29 is 0 Å².